The number of hydrogen-bond donors (Lipinski definition) is 1. The van der Waals surface area contributed by atoms with Crippen LogP contribution in [-0.4, -0.2) is 37.5 Å². The van der Waals surface area contributed by atoms with Gasteiger partial charge in [0.25, 0.3) is 0 Å². The Balaban J connectivity index is 2.89. The Kier molecular flexibility index (Phi) is 4.70. The topological polar surface area (TPSA) is 108 Å². The predicted molar refractivity (Wildman–Crippen MR) is 70.2 cm³/mol. The zero-order valence-electron chi connectivity index (χ0n) is 11.9. The summed E-state index contributed by atoms with van der Waals surface area (Å²) in [5, 5.41) is 3.72. The lowest BCUT2D eigenvalue weighted by Crippen LogP contribution is -2.28. The fourth-order valence-corrected chi connectivity index (χ4v) is 1.56. The lowest BCUT2D eigenvalue weighted by Gasteiger charge is -2.16. The molecule has 1 heterocycles. The highest BCUT2D eigenvalue weighted by molar-refractivity contribution is 7.91. The second-order valence-electron chi connectivity index (χ2n) is 5.23. The molecule has 1 aromatic heterocycles. The predicted octanol–water partition coefficient (Wildman–Crippen LogP) is 0.774. The summed E-state index contributed by atoms with van der Waals surface area (Å²) in [5.74, 6) is 0.275. The molecule has 0 bridgehead atoms. The fourth-order valence-electron chi connectivity index (χ4n) is 1.16. The summed E-state index contributed by atoms with van der Waals surface area (Å²) in [4.78, 5) is 4.06. The van der Waals surface area contributed by atoms with Crippen LogP contribution in [0.4, 0.5) is 0 Å². The first kappa shape index (κ1) is 16.1. The molecule has 0 aliphatic carbocycles. The van der Waals surface area contributed by atoms with Gasteiger partial charge in [-0.15, -0.1) is 0 Å². The number of rotatable bonds is 6. The maximum Gasteiger partial charge on any atom is 0.247 e. The Labute approximate surface area is 113 Å². The van der Waals surface area contributed by atoms with E-state index in [9.17, 15) is 8.42 Å². The summed E-state index contributed by atoms with van der Waals surface area (Å²) in [6.45, 7) is 7.05. The van der Waals surface area contributed by atoms with Crippen molar-refractivity contribution in [3.63, 3.8) is 0 Å². The molecular weight excluding hydrogens is 270 g/mol. The smallest absolute Gasteiger partial charge is 0.247 e. The minimum absolute atomic E-state index is 0.0324. The molecule has 8 heteroatoms. The molecule has 0 radical (unpaired) electrons. The van der Waals surface area contributed by atoms with E-state index in [2.05, 4.69) is 10.1 Å². The average molecular weight is 291 g/mol. The van der Waals surface area contributed by atoms with Gasteiger partial charge in [-0.25, -0.2) is 8.42 Å². The maximum atomic E-state index is 11.7. The molecule has 0 aromatic carbocycles. The molecule has 19 heavy (non-hydrogen) atoms. The summed E-state index contributed by atoms with van der Waals surface area (Å²) in [6.07, 6.45) is 1.17. The van der Waals surface area contributed by atoms with Gasteiger partial charge in [0, 0.05) is 6.26 Å². The maximum absolute atomic E-state index is 11.7. The molecule has 1 aromatic rings. The molecule has 1 atom stereocenters. The number of sulfone groups is 1. The Morgan fingerprint density at radius 1 is 1.42 bits per heavy atom. The summed E-state index contributed by atoms with van der Waals surface area (Å²) in [5.41, 5.74) is 5.85. The monoisotopic (exact) mass is 291 g/mol. The SMILES string of the molecule is CC(C)OCC(N)c1noc(C(C)(C)S(C)(=O)=O)n1. The molecule has 1 rings (SSSR count). The van der Waals surface area contributed by atoms with E-state index in [0.29, 0.717) is 0 Å². The largest absolute Gasteiger partial charge is 0.377 e. The summed E-state index contributed by atoms with van der Waals surface area (Å²) in [6, 6.07) is -0.546. The summed E-state index contributed by atoms with van der Waals surface area (Å²) < 4.78 is 32.5. The van der Waals surface area contributed by atoms with Crippen LogP contribution in [0, 0.1) is 0 Å². The van der Waals surface area contributed by atoms with Crippen LogP contribution in [0.25, 0.3) is 0 Å². The van der Waals surface area contributed by atoms with Gasteiger partial charge in [-0.05, 0) is 27.7 Å². The lowest BCUT2D eigenvalue weighted by atomic mass is 10.2. The van der Waals surface area contributed by atoms with Crippen LogP contribution in [0.3, 0.4) is 0 Å². The second-order valence-corrected chi connectivity index (χ2v) is 7.79. The van der Waals surface area contributed by atoms with Crippen LogP contribution in [0.1, 0.15) is 45.5 Å². The molecular formula is C11H21N3O4S. The van der Waals surface area contributed by atoms with Gasteiger partial charge in [-0.1, -0.05) is 5.16 Å². The van der Waals surface area contributed by atoms with Crippen molar-refractivity contribution < 1.29 is 17.7 Å². The van der Waals surface area contributed by atoms with E-state index in [-0.39, 0.29) is 24.4 Å². The van der Waals surface area contributed by atoms with Gasteiger partial charge in [0.15, 0.2) is 15.7 Å². The first-order valence-electron chi connectivity index (χ1n) is 5.96. The molecule has 0 saturated carbocycles. The third-order valence-electron chi connectivity index (χ3n) is 2.82. The van der Waals surface area contributed by atoms with Crippen molar-refractivity contribution >= 4 is 9.84 Å². The molecule has 0 aliphatic heterocycles. The Bertz CT molecular complexity index is 522. The molecule has 0 aliphatic rings. The van der Waals surface area contributed by atoms with Crippen molar-refractivity contribution in [1.82, 2.24) is 10.1 Å². The third kappa shape index (κ3) is 3.74. The highest BCUT2D eigenvalue weighted by Crippen LogP contribution is 2.27. The van der Waals surface area contributed by atoms with Crippen LogP contribution in [0.2, 0.25) is 0 Å². The Morgan fingerprint density at radius 3 is 2.47 bits per heavy atom. The quantitative estimate of drug-likeness (QED) is 0.824. The number of ether oxygens (including phenoxy) is 1. The molecule has 0 fully saturated rings. The van der Waals surface area contributed by atoms with Crippen molar-refractivity contribution in [2.24, 2.45) is 5.73 Å². The normalized spacial score (nSPS) is 14.9. The fraction of sp³-hybridized carbons (Fsp3) is 0.818. The van der Waals surface area contributed by atoms with Gasteiger partial charge >= 0.3 is 0 Å². The molecule has 1 unspecified atom stereocenters. The van der Waals surface area contributed by atoms with E-state index in [4.69, 9.17) is 15.0 Å². The zero-order chi connectivity index (χ0) is 14.8. The molecule has 2 N–H and O–H groups in total. The Morgan fingerprint density at radius 2 is 2.00 bits per heavy atom. The summed E-state index contributed by atoms with van der Waals surface area (Å²) >= 11 is 0. The van der Waals surface area contributed by atoms with Crippen molar-refractivity contribution in [1.29, 1.82) is 0 Å². The van der Waals surface area contributed by atoms with E-state index in [0.717, 1.165) is 6.26 Å². The van der Waals surface area contributed by atoms with Crippen LogP contribution < -0.4 is 5.73 Å². The number of aromatic nitrogens is 2. The van der Waals surface area contributed by atoms with Crippen molar-refractivity contribution in [2.75, 3.05) is 12.9 Å². The summed E-state index contributed by atoms with van der Waals surface area (Å²) in [7, 11) is -3.36. The minimum atomic E-state index is -3.36. The molecule has 0 spiro atoms. The van der Waals surface area contributed by atoms with Crippen LogP contribution >= 0.6 is 0 Å². The number of nitrogens with zero attached hydrogens (tertiary/aromatic N) is 2. The van der Waals surface area contributed by atoms with Gasteiger partial charge < -0.3 is 15.0 Å². The van der Waals surface area contributed by atoms with Gasteiger partial charge in [0.2, 0.25) is 5.89 Å². The zero-order valence-corrected chi connectivity index (χ0v) is 12.7. The Hall–Kier alpha value is -0.990. The highest BCUT2D eigenvalue weighted by Gasteiger charge is 2.38. The number of hydrogen-bond acceptors (Lipinski definition) is 7. The molecule has 0 saturated heterocycles. The van der Waals surface area contributed by atoms with E-state index in [1.54, 1.807) is 0 Å². The standard InChI is InChI=1S/C11H21N3O4S/c1-7(2)17-6-8(12)9-13-10(18-14-9)11(3,4)19(5,15)16/h7-8H,6,12H2,1-5H3. The minimum Gasteiger partial charge on any atom is -0.377 e. The van der Waals surface area contributed by atoms with Gasteiger partial charge in [-0.2, -0.15) is 4.98 Å². The van der Waals surface area contributed by atoms with Gasteiger partial charge in [0.1, 0.15) is 4.75 Å². The van der Waals surface area contributed by atoms with Crippen molar-refractivity contribution in [3.05, 3.63) is 11.7 Å². The lowest BCUT2D eigenvalue weighted by molar-refractivity contribution is 0.0665. The van der Waals surface area contributed by atoms with E-state index in [1.165, 1.54) is 13.8 Å². The third-order valence-corrected chi connectivity index (χ3v) is 4.85. The van der Waals surface area contributed by atoms with E-state index in [1.807, 2.05) is 13.8 Å². The first-order valence-corrected chi connectivity index (χ1v) is 7.85. The van der Waals surface area contributed by atoms with E-state index >= 15 is 0 Å². The number of nitrogens with two attached hydrogens (primary N) is 1. The molecule has 110 valence electrons. The average Bonchev–Trinajstić information content (AvgIpc) is 2.73. The van der Waals surface area contributed by atoms with Gasteiger partial charge in [-0.3, -0.25) is 0 Å². The van der Waals surface area contributed by atoms with Crippen LogP contribution in [0.5, 0.6) is 0 Å². The van der Waals surface area contributed by atoms with E-state index < -0.39 is 20.6 Å². The van der Waals surface area contributed by atoms with Crippen molar-refractivity contribution in [3.8, 4) is 0 Å². The van der Waals surface area contributed by atoms with Crippen LogP contribution in [0.15, 0.2) is 4.52 Å². The van der Waals surface area contributed by atoms with Gasteiger partial charge in [0.05, 0.1) is 18.8 Å². The van der Waals surface area contributed by atoms with Crippen molar-refractivity contribution in [2.45, 2.75) is 44.6 Å². The molecule has 0 amide bonds. The molecule has 7 nitrogen and oxygen atoms in total. The highest BCUT2D eigenvalue weighted by atomic mass is 32.2. The second kappa shape index (κ2) is 5.56. The van der Waals surface area contributed by atoms with Crippen LogP contribution in [-0.2, 0) is 19.3 Å². The first-order chi connectivity index (χ1) is 8.55.